The maximum Gasteiger partial charge on any atom is 0.416 e. The van der Waals surface area contributed by atoms with Gasteiger partial charge in [-0.05, 0) is 31.2 Å². The molecule has 0 aliphatic heterocycles. The Labute approximate surface area is 128 Å². The maximum atomic E-state index is 12.8. The van der Waals surface area contributed by atoms with Gasteiger partial charge in [-0.3, -0.25) is 0 Å². The Bertz CT molecular complexity index is 437. The van der Waals surface area contributed by atoms with Crippen LogP contribution in [0.5, 0.6) is 0 Å². The highest BCUT2D eigenvalue weighted by Crippen LogP contribution is 2.31. The molecule has 1 aromatic rings. The van der Waals surface area contributed by atoms with E-state index in [4.69, 9.17) is 0 Å². The number of benzene rings is 1. The molecule has 2 nitrogen and oxygen atoms in total. The van der Waals surface area contributed by atoms with Gasteiger partial charge in [-0.1, -0.05) is 26.0 Å². The van der Waals surface area contributed by atoms with Crippen molar-refractivity contribution in [3.8, 4) is 0 Å². The summed E-state index contributed by atoms with van der Waals surface area (Å²) in [5.74, 6) is 0.612. The molecule has 21 heavy (non-hydrogen) atoms. The van der Waals surface area contributed by atoms with Crippen molar-refractivity contribution in [2.75, 3.05) is 12.3 Å². The number of hydrogen-bond acceptors (Lipinski definition) is 3. The van der Waals surface area contributed by atoms with Gasteiger partial charge in [0.2, 0.25) is 0 Å². The van der Waals surface area contributed by atoms with Gasteiger partial charge in [0.1, 0.15) is 0 Å². The lowest BCUT2D eigenvalue weighted by atomic mass is 10.0. The Balaban J connectivity index is 2.85. The second-order valence-corrected chi connectivity index (χ2v) is 6.42. The normalized spacial score (nSPS) is 16.5. The summed E-state index contributed by atoms with van der Waals surface area (Å²) in [5.41, 5.74) is -0.00607. The molecule has 0 saturated carbocycles. The fourth-order valence-electron chi connectivity index (χ4n) is 1.84. The zero-order valence-corrected chi connectivity index (χ0v) is 13.3. The zero-order chi connectivity index (χ0) is 16.0. The van der Waals surface area contributed by atoms with Gasteiger partial charge in [0.25, 0.3) is 0 Å². The molecule has 0 bridgehead atoms. The van der Waals surface area contributed by atoms with E-state index in [1.165, 1.54) is 12.1 Å². The number of hydrogen-bond donors (Lipinski definition) is 2. The Hall–Kier alpha value is -0.720. The van der Waals surface area contributed by atoms with Crippen LogP contribution in [-0.4, -0.2) is 28.8 Å². The van der Waals surface area contributed by atoms with Gasteiger partial charge in [0.05, 0.1) is 11.7 Å². The highest BCUT2D eigenvalue weighted by molar-refractivity contribution is 7.99. The minimum Gasteiger partial charge on any atom is -0.392 e. The Morgan fingerprint density at radius 3 is 2.48 bits per heavy atom. The van der Waals surface area contributed by atoms with Gasteiger partial charge < -0.3 is 10.4 Å². The average Bonchev–Trinajstić information content (AvgIpc) is 2.42. The summed E-state index contributed by atoms with van der Waals surface area (Å²) < 4.78 is 38.3. The van der Waals surface area contributed by atoms with Crippen LogP contribution in [0.15, 0.2) is 24.3 Å². The molecular formula is C15H22F3NOS. The molecule has 6 heteroatoms. The standard InChI is InChI=1S/C15H22F3NOS/c1-4-19-14(9-21-11(3)10(2)20)12-6-5-7-13(8-12)15(16,17)18/h5-8,10-11,14,19-20H,4,9H2,1-3H3. The SMILES string of the molecule is CCNC(CSC(C)C(C)O)c1cccc(C(F)(F)F)c1. The van der Waals surface area contributed by atoms with Crippen LogP contribution in [0.1, 0.15) is 37.9 Å². The van der Waals surface area contributed by atoms with E-state index in [9.17, 15) is 18.3 Å². The first-order valence-corrected chi connectivity index (χ1v) is 8.00. The van der Waals surface area contributed by atoms with Crippen LogP contribution in [0.25, 0.3) is 0 Å². The van der Waals surface area contributed by atoms with Crippen molar-refractivity contribution in [3.63, 3.8) is 0 Å². The molecular weight excluding hydrogens is 299 g/mol. The fraction of sp³-hybridized carbons (Fsp3) is 0.600. The first-order chi connectivity index (χ1) is 9.75. The minimum absolute atomic E-state index is 0.0388. The predicted octanol–water partition coefficient (Wildman–Crippen LogP) is 3.86. The highest BCUT2D eigenvalue weighted by atomic mass is 32.2. The number of thioether (sulfide) groups is 1. The molecule has 1 rings (SSSR count). The molecule has 0 aliphatic rings. The van der Waals surface area contributed by atoms with Crippen LogP contribution in [0, 0.1) is 0 Å². The summed E-state index contributed by atoms with van der Waals surface area (Å²) in [6.45, 7) is 6.21. The molecule has 0 aromatic heterocycles. The molecule has 3 atom stereocenters. The lowest BCUT2D eigenvalue weighted by Gasteiger charge is -2.22. The average molecular weight is 321 g/mol. The van der Waals surface area contributed by atoms with Gasteiger partial charge in [-0.15, -0.1) is 0 Å². The Morgan fingerprint density at radius 2 is 1.95 bits per heavy atom. The van der Waals surface area contributed by atoms with Crippen molar-refractivity contribution < 1.29 is 18.3 Å². The summed E-state index contributed by atoms with van der Waals surface area (Å²) in [5, 5.41) is 12.7. The molecule has 2 N–H and O–H groups in total. The Kier molecular flexibility index (Phi) is 7.03. The molecule has 3 unspecified atom stereocenters. The third kappa shape index (κ3) is 5.88. The first kappa shape index (κ1) is 18.3. The van der Waals surface area contributed by atoms with Crippen molar-refractivity contribution in [2.24, 2.45) is 0 Å². The molecule has 0 aliphatic carbocycles. The molecule has 0 saturated heterocycles. The lowest BCUT2D eigenvalue weighted by molar-refractivity contribution is -0.137. The van der Waals surface area contributed by atoms with Gasteiger partial charge in [-0.2, -0.15) is 24.9 Å². The monoisotopic (exact) mass is 321 g/mol. The number of nitrogens with one attached hydrogen (secondary N) is 1. The molecule has 0 spiro atoms. The van der Waals surface area contributed by atoms with Crippen LogP contribution >= 0.6 is 11.8 Å². The molecule has 1 aromatic carbocycles. The van der Waals surface area contributed by atoms with Gasteiger partial charge in [0, 0.05) is 17.0 Å². The molecule has 0 radical (unpaired) electrons. The Morgan fingerprint density at radius 1 is 1.29 bits per heavy atom. The lowest BCUT2D eigenvalue weighted by Crippen LogP contribution is -2.25. The van der Waals surface area contributed by atoms with E-state index in [-0.39, 0.29) is 11.3 Å². The van der Waals surface area contributed by atoms with E-state index in [1.807, 2.05) is 13.8 Å². The summed E-state index contributed by atoms with van der Waals surface area (Å²) >= 11 is 1.55. The van der Waals surface area contributed by atoms with E-state index in [0.717, 1.165) is 6.07 Å². The van der Waals surface area contributed by atoms with Crippen molar-refractivity contribution >= 4 is 11.8 Å². The summed E-state index contributed by atoms with van der Waals surface area (Å²) in [6, 6.07) is 5.25. The molecule has 0 fully saturated rings. The van der Waals surface area contributed by atoms with E-state index in [2.05, 4.69) is 5.32 Å². The fourth-order valence-corrected chi connectivity index (χ4v) is 2.92. The van der Waals surface area contributed by atoms with E-state index in [1.54, 1.807) is 24.8 Å². The van der Waals surface area contributed by atoms with Crippen LogP contribution in [0.2, 0.25) is 0 Å². The predicted molar refractivity (Wildman–Crippen MR) is 81.5 cm³/mol. The smallest absolute Gasteiger partial charge is 0.392 e. The van der Waals surface area contributed by atoms with Crippen molar-refractivity contribution in [1.82, 2.24) is 5.32 Å². The third-order valence-electron chi connectivity index (χ3n) is 3.27. The summed E-state index contributed by atoms with van der Waals surface area (Å²) in [6.07, 6.45) is -4.77. The number of aliphatic hydroxyl groups excluding tert-OH is 1. The van der Waals surface area contributed by atoms with E-state index in [0.29, 0.717) is 17.9 Å². The first-order valence-electron chi connectivity index (χ1n) is 6.96. The molecule has 0 amide bonds. The minimum atomic E-state index is -4.33. The zero-order valence-electron chi connectivity index (χ0n) is 12.4. The van der Waals surface area contributed by atoms with Crippen LogP contribution in [-0.2, 0) is 6.18 Å². The topological polar surface area (TPSA) is 32.3 Å². The number of halogens is 3. The van der Waals surface area contributed by atoms with Gasteiger partial charge in [0.15, 0.2) is 0 Å². The molecule has 120 valence electrons. The van der Waals surface area contributed by atoms with Crippen molar-refractivity contribution in [3.05, 3.63) is 35.4 Å². The second-order valence-electron chi connectivity index (χ2n) is 5.01. The van der Waals surface area contributed by atoms with Gasteiger partial charge in [-0.25, -0.2) is 0 Å². The quantitative estimate of drug-likeness (QED) is 0.800. The van der Waals surface area contributed by atoms with Crippen LogP contribution in [0.3, 0.4) is 0 Å². The van der Waals surface area contributed by atoms with Crippen molar-refractivity contribution in [2.45, 2.75) is 44.3 Å². The van der Waals surface area contributed by atoms with Crippen LogP contribution in [0.4, 0.5) is 13.2 Å². The number of rotatable bonds is 7. The van der Waals surface area contributed by atoms with Crippen LogP contribution < -0.4 is 5.32 Å². The highest BCUT2D eigenvalue weighted by Gasteiger charge is 2.31. The number of alkyl halides is 3. The van der Waals surface area contributed by atoms with E-state index < -0.39 is 17.8 Å². The van der Waals surface area contributed by atoms with E-state index >= 15 is 0 Å². The summed E-state index contributed by atoms with van der Waals surface area (Å²) in [7, 11) is 0. The molecule has 0 heterocycles. The third-order valence-corrected chi connectivity index (χ3v) is 4.72. The van der Waals surface area contributed by atoms with Gasteiger partial charge >= 0.3 is 6.18 Å². The second kappa shape index (κ2) is 8.06. The summed E-state index contributed by atoms with van der Waals surface area (Å²) in [4.78, 5) is 0. The largest absolute Gasteiger partial charge is 0.416 e. The number of aliphatic hydroxyl groups is 1. The van der Waals surface area contributed by atoms with Crippen molar-refractivity contribution in [1.29, 1.82) is 0 Å². The maximum absolute atomic E-state index is 12.8.